The maximum Gasteiger partial charge on any atom is 0.120 e. The molecule has 5 heteroatoms. The van der Waals surface area contributed by atoms with E-state index >= 15 is 0 Å². The van der Waals surface area contributed by atoms with Gasteiger partial charge in [0.15, 0.2) is 0 Å². The van der Waals surface area contributed by atoms with E-state index in [1.54, 1.807) is 0 Å². The van der Waals surface area contributed by atoms with E-state index < -0.39 is 0 Å². The van der Waals surface area contributed by atoms with E-state index in [2.05, 4.69) is 29.2 Å². The summed E-state index contributed by atoms with van der Waals surface area (Å²) in [4.78, 5) is 10.5. The average Bonchev–Trinajstić information content (AvgIpc) is 2.83. The van der Waals surface area contributed by atoms with Gasteiger partial charge in [-0.05, 0) is 25.7 Å². The lowest BCUT2D eigenvalue weighted by atomic mass is 9.86. The fraction of sp³-hybridized carbons (Fsp3) is 0.812. The summed E-state index contributed by atoms with van der Waals surface area (Å²) in [5.74, 6) is 0.293. The van der Waals surface area contributed by atoms with Gasteiger partial charge < -0.3 is 19.4 Å². The van der Waals surface area contributed by atoms with Crippen LogP contribution in [0.1, 0.15) is 45.4 Å². The number of halogens is 1. The number of carbonyl (C=O) groups excluding carboxylic acids is 1. The van der Waals surface area contributed by atoms with Crippen LogP contribution in [0.25, 0.3) is 0 Å². The molecule has 0 saturated carbocycles. The van der Waals surface area contributed by atoms with Crippen LogP contribution in [-0.4, -0.2) is 39.7 Å². The molecular weight excluding hydrogens is 383 g/mol. The van der Waals surface area contributed by atoms with E-state index in [0.29, 0.717) is 6.42 Å². The molecule has 0 bridgehead atoms. The van der Waals surface area contributed by atoms with E-state index in [1.807, 2.05) is 6.92 Å². The quantitative estimate of drug-likeness (QED) is 0.303. The minimum absolute atomic E-state index is 0.0611. The van der Waals surface area contributed by atoms with Crippen molar-refractivity contribution in [3.05, 3.63) is 12.3 Å². The van der Waals surface area contributed by atoms with Crippen molar-refractivity contribution in [2.24, 2.45) is 5.92 Å². The number of hydrogen-bond acceptors (Lipinski definition) is 4. The molecule has 2 saturated heterocycles. The third kappa shape index (κ3) is 3.99. The highest BCUT2D eigenvalue weighted by Crippen LogP contribution is 2.44. The Morgan fingerprint density at radius 1 is 1.52 bits per heavy atom. The molecule has 0 aliphatic carbocycles. The van der Waals surface area contributed by atoms with Crippen LogP contribution in [-0.2, 0) is 14.3 Å². The fourth-order valence-corrected chi connectivity index (χ4v) is 4.38. The predicted octanol–water partition coefficient (Wildman–Crippen LogP) is 3.57. The number of allylic oxidation sites excluding steroid dienone is 1. The van der Waals surface area contributed by atoms with Gasteiger partial charge in [0.2, 0.25) is 0 Å². The van der Waals surface area contributed by atoms with Gasteiger partial charge in [0.25, 0.3) is 0 Å². The zero-order valence-corrected chi connectivity index (χ0v) is 14.8. The van der Waals surface area contributed by atoms with Crippen molar-refractivity contribution in [2.45, 2.75) is 69.4 Å². The van der Waals surface area contributed by atoms with Crippen molar-refractivity contribution < 1.29 is 19.4 Å². The second kappa shape index (κ2) is 7.42. The van der Waals surface area contributed by atoms with Gasteiger partial charge >= 0.3 is 0 Å². The first-order valence-electron chi connectivity index (χ1n) is 7.71. The molecule has 5 atom stereocenters. The second-order valence-electron chi connectivity index (χ2n) is 6.34. The minimum atomic E-state index is -0.215. The Morgan fingerprint density at radius 3 is 2.90 bits per heavy atom. The lowest BCUT2D eigenvalue weighted by Gasteiger charge is -2.41. The number of carbonyl (C=O) groups is 1. The molecule has 2 fully saturated rings. The molecule has 4 nitrogen and oxygen atoms in total. The standard InChI is InChI=1S/C16H25IO4/c1-11(12(2)19)8-13-5-6-15-16(10-17,21-13)9-14(20-15)4-3-7-18/h7,11,13-15,19H,2-6,8-10H2,1H3/t11-,13?,14+,15+,16?/m1/s1. The lowest BCUT2D eigenvalue weighted by molar-refractivity contribution is -0.156. The monoisotopic (exact) mass is 408 g/mol. The Bertz CT molecular complexity index is 386. The first-order chi connectivity index (χ1) is 10.0. The summed E-state index contributed by atoms with van der Waals surface area (Å²) in [6, 6.07) is 0. The van der Waals surface area contributed by atoms with Gasteiger partial charge in [-0.1, -0.05) is 36.1 Å². The number of alkyl halides is 1. The molecule has 0 spiro atoms. The van der Waals surface area contributed by atoms with Gasteiger partial charge in [-0.25, -0.2) is 0 Å². The molecule has 2 rings (SSSR count). The molecule has 2 unspecified atom stereocenters. The summed E-state index contributed by atoms with van der Waals surface area (Å²) in [6.45, 7) is 5.59. The van der Waals surface area contributed by atoms with E-state index in [-0.39, 0.29) is 35.6 Å². The summed E-state index contributed by atoms with van der Waals surface area (Å²) in [5.41, 5.74) is -0.215. The van der Waals surface area contributed by atoms with E-state index in [0.717, 1.165) is 42.8 Å². The first kappa shape index (κ1) is 17.2. The summed E-state index contributed by atoms with van der Waals surface area (Å²) >= 11 is 2.38. The first-order valence-corrected chi connectivity index (χ1v) is 9.24. The van der Waals surface area contributed by atoms with Crippen molar-refractivity contribution in [1.29, 1.82) is 0 Å². The van der Waals surface area contributed by atoms with Crippen LogP contribution in [0.15, 0.2) is 12.3 Å². The number of aliphatic hydroxyl groups excluding tert-OH is 1. The zero-order valence-electron chi connectivity index (χ0n) is 12.6. The normalized spacial score (nSPS) is 37.0. The second-order valence-corrected chi connectivity index (χ2v) is 7.10. The lowest BCUT2D eigenvalue weighted by Crippen LogP contribution is -2.50. The summed E-state index contributed by atoms with van der Waals surface area (Å²) in [6.07, 6.45) is 6.38. The van der Waals surface area contributed by atoms with Gasteiger partial charge in [0.05, 0.1) is 24.1 Å². The topological polar surface area (TPSA) is 55.8 Å². The van der Waals surface area contributed by atoms with E-state index in [1.165, 1.54) is 0 Å². The van der Waals surface area contributed by atoms with Crippen LogP contribution < -0.4 is 0 Å². The number of fused-ring (bicyclic) bond motifs is 1. The Morgan fingerprint density at radius 2 is 2.29 bits per heavy atom. The van der Waals surface area contributed by atoms with Crippen LogP contribution in [0.2, 0.25) is 0 Å². The summed E-state index contributed by atoms with van der Waals surface area (Å²) in [7, 11) is 0. The van der Waals surface area contributed by atoms with Crippen molar-refractivity contribution in [3.8, 4) is 0 Å². The summed E-state index contributed by atoms with van der Waals surface area (Å²) in [5, 5.41) is 9.49. The number of rotatable bonds is 7. The molecule has 0 amide bonds. The minimum Gasteiger partial charge on any atom is -0.513 e. The fourth-order valence-electron chi connectivity index (χ4n) is 3.40. The van der Waals surface area contributed by atoms with Crippen molar-refractivity contribution in [3.63, 3.8) is 0 Å². The number of hydrogen-bond donors (Lipinski definition) is 1. The van der Waals surface area contributed by atoms with Crippen molar-refractivity contribution in [1.82, 2.24) is 0 Å². The highest BCUT2D eigenvalue weighted by atomic mass is 127. The van der Waals surface area contributed by atoms with Gasteiger partial charge in [-0.3, -0.25) is 0 Å². The Hall–Kier alpha value is -0.140. The molecule has 21 heavy (non-hydrogen) atoms. The molecule has 2 aliphatic rings. The van der Waals surface area contributed by atoms with Crippen LogP contribution in [0, 0.1) is 5.92 Å². The highest BCUT2D eigenvalue weighted by molar-refractivity contribution is 14.1. The largest absolute Gasteiger partial charge is 0.513 e. The van der Waals surface area contributed by atoms with Crippen molar-refractivity contribution in [2.75, 3.05) is 4.43 Å². The van der Waals surface area contributed by atoms with Gasteiger partial charge in [0, 0.05) is 23.2 Å². The molecular formula is C16H25IO4. The van der Waals surface area contributed by atoms with Crippen LogP contribution in [0.5, 0.6) is 0 Å². The van der Waals surface area contributed by atoms with Crippen LogP contribution >= 0.6 is 22.6 Å². The van der Waals surface area contributed by atoms with Crippen molar-refractivity contribution >= 4 is 28.9 Å². The smallest absolute Gasteiger partial charge is 0.120 e. The number of aldehydes is 1. The Balaban J connectivity index is 1.97. The third-order valence-corrected chi connectivity index (χ3v) is 5.98. The molecule has 0 aromatic heterocycles. The summed E-state index contributed by atoms with van der Waals surface area (Å²) < 4.78 is 13.4. The average molecular weight is 408 g/mol. The third-order valence-electron chi connectivity index (χ3n) is 4.69. The highest BCUT2D eigenvalue weighted by Gasteiger charge is 2.52. The molecule has 2 aliphatic heterocycles. The maximum absolute atomic E-state index is 10.5. The Labute approximate surface area is 140 Å². The van der Waals surface area contributed by atoms with Gasteiger partial charge in [0.1, 0.15) is 11.9 Å². The molecule has 1 N–H and O–H groups in total. The number of aliphatic hydroxyl groups is 1. The zero-order chi connectivity index (χ0) is 15.5. The van der Waals surface area contributed by atoms with Crippen LogP contribution in [0.3, 0.4) is 0 Å². The molecule has 2 heterocycles. The Kier molecular flexibility index (Phi) is 6.08. The predicted molar refractivity (Wildman–Crippen MR) is 89.9 cm³/mol. The number of ether oxygens (including phenoxy) is 2. The molecule has 120 valence electrons. The van der Waals surface area contributed by atoms with E-state index in [9.17, 15) is 9.90 Å². The van der Waals surface area contributed by atoms with Gasteiger partial charge in [-0.15, -0.1) is 0 Å². The SMILES string of the molecule is C=C(O)[C@H](C)CC1CC[C@@H]2O[C@@H](CCC=O)CC2(CI)O1. The molecule has 0 aromatic rings. The molecule has 0 radical (unpaired) electrons. The maximum atomic E-state index is 10.5. The van der Waals surface area contributed by atoms with Gasteiger partial charge in [-0.2, -0.15) is 0 Å². The van der Waals surface area contributed by atoms with E-state index in [4.69, 9.17) is 9.47 Å². The van der Waals surface area contributed by atoms with Crippen LogP contribution in [0.4, 0.5) is 0 Å². The molecule has 0 aromatic carbocycles.